The first-order valence-electron chi connectivity index (χ1n) is 7.85. The van der Waals surface area contributed by atoms with Gasteiger partial charge in [-0.05, 0) is 19.8 Å². The van der Waals surface area contributed by atoms with Crippen molar-refractivity contribution in [1.82, 2.24) is 20.5 Å². The van der Waals surface area contributed by atoms with Gasteiger partial charge in [0.2, 0.25) is 11.8 Å². The van der Waals surface area contributed by atoms with E-state index in [-0.39, 0.29) is 23.8 Å². The molecule has 118 valence electrons. The summed E-state index contributed by atoms with van der Waals surface area (Å²) in [7, 11) is 0. The number of carbonyl (C=O) groups is 2. The van der Waals surface area contributed by atoms with Crippen LogP contribution in [-0.4, -0.2) is 46.2 Å². The molecule has 3 aliphatic rings. The molecule has 3 fully saturated rings. The van der Waals surface area contributed by atoms with E-state index in [0.717, 1.165) is 25.9 Å². The molecule has 2 amide bonds. The fourth-order valence-corrected chi connectivity index (χ4v) is 3.49. The highest BCUT2D eigenvalue weighted by Crippen LogP contribution is 2.51. The van der Waals surface area contributed by atoms with Gasteiger partial charge in [0.05, 0.1) is 6.42 Å². The Labute approximate surface area is 128 Å². The van der Waals surface area contributed by atoms with Gasteiger partial charge in [0.1, 0.15) is 11.4 Å². The number of nitrogens with zero attached hydrogens (tertiary/aromatic N) is 3. The molecule has 7 nitrogen and oxygen atoms in total. The minimum Gasteiger partial charge on any atom is -0.352 e. The number of piperidine rings is 1. The molecule has 1 aliphatic heterocycles. The summed E-state index contributed by atoms with van der Waals surface area (Å²) in [6.45, 7) is 5.39. The number of amides is 2. The highest BCUT2D eigenvalue weighted by molar-refractivity contribution is 5.85. The molecule has 4 rings (SSSR count). The quantitative estimate of drug-likeness (QED) is 0.864. The maximum absolute atomic E-state index is 12.3. The standard InChI is InChI=1S/C15H20N4O3/c1-8-11(18-22-17-8)5-12(20)16-13-9-6-19(7-10(9)13)14(21)15(2)3-4-15/h9-10,13H,3-7H2,1-2H3,(H,16,20)/t9-,10+,13?. The second-order valence-electron chi connectivity index (χ2n) is 7.16. The van der Waals surface area contributed by atoms with Crippen molar-refractivity contribution in [2.45, 2.75) is 39.2 Å². The van der Waals surface area contributed by atoms with E-state index in [4.69, 9.17) is 0 Å². The van der Waals surface area contributed by atoms with Crippen LogP contribution in [0.2, 0.25) is 0 Å². The number of nitrogens with one attached hydrogen (secondary N) is 1. The lowest BCUT2D eigenvalue weighted by Crippen LogP contribution is -2.40. The van der Waals surface area contributed by atoms with Crippen LogP contribution in [0, 0.1) is 24.2 Å². The number of rotatable bonds is 4. The summed E-state index contributed by atoms with van der Waals surface area (Å²) >= 11 is 0. The summed E-state index contributed by atoms with van der Waals surface area (Å²) in [5.74, 6) is 1.10. The summed E-state index contributed by atoms with van der Waals surface area (Å²) < 4.78 is 4.60. The van der Waals surface area contributed by atoms with Gasteiger partial charge >= 0.3 is 0 Å². The Kier molecular flexibility index (Phi) is 2.83. The zero-order chi connectivity index (χ0) is 15.5. The minimum absolute atomic E-state index is 0.0507. The van der Waals surface area contributed by atoms with Gasteiger partial charge in [-0.3, -0.25) is 9.59 Å². The topological polar surface area (TPSA) is 88.3 Å². The van der Waals surface area contributed by atoms with E-state index >= 15 is 0 Å². The molecule has 0 bridgehead atoms. The van der Waals surface area contributed by atoms with Gasteiger partial charge in [-0.2, -0.15) is 0 Å². The first kappa shape index (κ1) is 13.7. The lowest BCUT2D eigenvalue weighted by molar-refractivity contribution is -0.135. The summed E-state index contributed by atoms with van der Waals surface area (Å²) in [6, 6.07) is 0.212. The molecule has 0 spiro atoms. The molecule has 1 aromatic rings. The van der Waals surface area contributed by atoms with Crippen LogP contribution < -0.4 is 5.32 Å². The van der Waals surface area contributed by atoms with Crippen molar-refractivity contribution in [3.8, 4) is 0 Å². The van der Waals surface area contributed by atoms with Crippen LogP contribution in [0.1, 0.15) is 31.2 Å². The maximum atomic E-state index is 12.3. The van der Waals surface area contributed by atoms with Crippen LogP contribution >= 0.6 is 0 Å². The van der Waals surface area contributed by atoms with E-state index in [1.54, 1.807) is 6.92 Å². The lowest BCUT2D eigenvalue weighted by atomic mass is 10.1. The van der Waals surface area contributed by atoms with Crippen LogP contribution in [0.25, 0.3) is 0 Å². The smallest absolute Gasteiger partial charge is 0.228 e. The number of hydrogen-bond acceptors (Lipinski definition) is 5. The first-order valence-corrected chi connectivity index (χ1v) is 7.85. The molecule has 2 aliphatic carbocycles. The van der Waals surface area contributed by atoms with Crippen LogP contribution in [0.15, 0.2) is 4.63 Å². The zero-order valence-corrected chi connectivity index (χ0v) is 12.8. The molecular formula is C15H20N4O3. The van der Waals surface area contributed by atoms with Crippen molar-refractivity contribution < 1.29 is 14.2 Å². The SMILES string of the molecule is Cc1nonc1CC(=O)NC1[C@H]2CN(C(=O)C3(C)CC3)C[C@@H]12. The maximum Gasteiger partial charge on any atom is 0.228 e. The molecular weight excluding hydrogens is 284 g/mol. The van der Waals surface area contributed by atoms with Gasteiger partial charge in [-0.25, -0.2) is 4.63 Å². The Balaban J connectivity index is 1.27. The summed E-state index contributed by atoms with van der Waals surface area (Å²) in [4.78, 5) is 26.3. The molecule has 1 aromatic heterocycles. The van der Waals surface area contributed by atoms with Gasteiger partial charge in [0.15, 0.2) is 0 Å². The highest BCUT2D eigenvalue weighted by Gasteiger charge is 2.59. The number of aryl methyl sites for hydroxylation is 1. The normalized spacial score (nSPS) is 30.8. The van der Waals surface area contributed by atoms with Crippen molar-refractivity contribution in [3.63, 3.8) is 0 Å². The van der Waals surface area contributed by atoms with Crippen LogP contribution in [0.3, 0.4) is 0 Å². The summed E-state index contributed by atoms with van der Waals surface area (Å²) in [5.41, 5.74) is 1.15. The fraction of sp³-hybridized carbons (Fsp3) is 0.733. The van der Waals surface area contributed by atoms with Gasteiger partial charge < -0.3 is 10.2 Å². The third-order valence-electron chi connectivity index (χ3n) is 5.40. The predicted octanol–water partition coefficient (Wildman–Crippen LogP) is 0.294. The number of hydrogen-bond donors (Lipinski definition) is 1. The number of aromatic nitrogens is 2. The molecule has 3 atom stereocenters. The van der Waals surface area contributed by atoms with Crippen molar-refractivity contribution in [1.29, 1.82) is 0 Å². The van der Waals surface area contributed by atoms with E-state index in [2.05, 4.69) is 20.3 Å². The summed E-state index contributed by atoms with van der Waals surface area (Å²) in [5, 5.41) is 10.4. The molecule has 1 saturated heterocycles. The number of carbonyl (C=O) groups excluding carboxylic acids is 2. The van der Waals surface area contributed by atoms with Crippen molar-refractivity contribution >= 4 is 11.8 Å². The van der Waals surface area contributed by atoms with Gasteiger partial charge in [-0.15, -0.1) is 0 Å². The Morgan fingerprint density at radius 3 is 2.55 bits per heavy atom. The molecule has 0 aromatic carbocycles. The van der Waals surface area contributed by atoms with Crippen LogP contribution in [0.5, 0.6) is 0 Å². The van der Waals surface area contributed by atoms with E-state index in [1.807, 2.05) is 11.8 Å². The monoisotopic (exact) mass is 304 g/mol. The van der Waals surface area contributed by atoms with Crippen molar-refractivity contribution in [2.75, 3.05) is 13.1 Å². The molecule has 7 heteroatoms. The first-order chi connectivity index (χ1) is 10.5. The minimum atomic E-state index is -0.0903. The Hall–Kier alpha value is -1.92. The fourth-order valence-electron chi connectivity index (χ4n) is 3.49. The zero-order valence-electron chi connectivity index (χ0n) is 12.8. The molecule has 1 unspecified atom stereocenters. The van der Waals surface area contributed by atoms with Crippen LogP contribution in [-0.2, 0) is 16.0 Å². The predicted molar refractivity (Wildman–Crippen MR) is 75.6 cm³/mol. The average Bonchev–Trinajstić information content (AvgIpc) is 3.23. The average molecular weight is 304 g/mol. The van der Waals surface area contributed by atoms with Gasteiger partial charge in [0, 0.05) is 36.4 Å². The third kappa shape index (κ3) is 2.19. The molecule has 22 heavy (non-hydrogen) atoms. The second-order valence-corrected chi connectivity index (χ2v) is 7.16. The summed E-state index contributed by atoms with van der Waals surface area (Å²) in [6.07, 6.45) is 2.23. The highest BCUT2D eigenvalue weighted by atomic mass is 16.6. The van der Waals surface area contributed by atoms with Gasteiger partial charge in [0.25, 0.3) is 0 Å². The number of likely N-dealkylation sites (tertiary alicyclic amines) is 1. The van der Waals surface area contributed by atoms with E-state index in [1.165, 1.54) is 0 Å². The van der Waals surface area contributed by atoms with E-state index in [9.17, 15) is 9.59 Å². The van der Waals surface area contributed by atoms with Gasteiger partial charge in [-0.1, -0.05) is 17.2 Å². The molecule has 0 radical (unpaired) electrons. The largest absolute Gasteiger partial charge is 0.352 e. The van der Waals surface area contributed by atoms with Crippen molar-refractivity contribution in [2.24, 2.45) is 17.3 Å². The Morgan fingerprint density at radius 2 is 2.00 bits per heavy atom. The molecule has 1 N–H and O–H groups in total. The van der Waals surface area contributed by atoms with E-state index < -0.39 is 0 Å². The number of fused-ring (bicyclic) bond motifs is 1. The Morgan fingerprint density at radius 1 is 1.32 bits per heavy atom. The molecule has 2 saturated carbocycles. The third-order valence-corrected chi connectivity index (χ3v) is 5.40. The van der Waals surface area contributed by atoms with E-state index in [0.29, 0.717) is 29.1 Å². The lowest BCUT2D eigenvalue weighted by Gasteiger charge is -2.23. The van der Waals surface area contributed by atoms with Crippen molar-refractivity contribution in [3.05, 3.63) is 11.4 Å². The van der Waals surface area contributed by atoms with Crippen LogP contribution in [0.4, 0.5) is 0 Å². The molecule has 2 heterocycles. The second kappa shape index (κ2) is 4.54. The Bertz CT molecular complexity index is 624.